The summed E-state index contributed by atoms with van der Waals surface area (Å²) < 4.78 is 34.0. The zero-order valence-electron chi connectivity index (χ0n) is 32.1. The fourth-order valence-corrected chi connectivity index (χ4v) is 9.29. The van der Waals surface area contributed by atoms with Crippen molar-refractivity contribution in [2.24, 2.45) is 0 Å². The molecule has 0 saturated heterocycles. The molecule has 0 radical (unpaired) electrons. The van der Waals surface area contributed by atoms with Crippen LogP contribution in [0.4, 0.5) is 11.4 Å². The van der Waals surface area contributed by atoms with Crippen molar-refractivity contribution in [2.75, 3.05) is 24.7 Å². The predicted molar refractivity (Wildman–Crippen MR) is 232 cm³/mol. The van der Waals surface area contributed by atoms with Crippen molar-refractivity contribution in [3.63, 3.8) is 0 Å². The molecule has 290 valence electrons. The van der Waals surface area contributed by atoms with Crippen molar-refractivity contribution in [1.82, 2.24) is 9.97 Å². The highest BCUT2D eigenvalue weighted by Gasteiger charge is 2.53. The van der Waals surface area contributed by atoms with Gasteiger partial charge in [0.05, 0.1) is 31.0 Å². The van der Waals surface area contributed by atoms with E-state index in [9.17, 15) is 18.6 Å². The molecule has 0 atom stereocenters. The van der Waals surface area contributed by atoms with Gasteiger partial charge in [-0.25, -0.2) is 14.2 Å². The van der Waals surface area contributed by atoms with E-state index in [4.69, 9.17) is 9.92 Å². The molecule has 0 aliphatic carbocycles. The number of nitrogens with zero attached hydrogens (tertiary/aromatic N) is 3. The highest BCUT2D eigenvalue weighted by atomic mass is 79.9. The number of aryl methyl sites for hydroxylation is 1. The molecule has 1 aliphatic heterocycles. The summed E-state index contributed by atoms with van der Waals surface area (Å²) in [5.41, 5.74) is 15.2. The lowest BCUT2D eigenvalue weighted by atomic mass is 9.75. The zero-order chi connectivity index (χ0) is 39.6. The molecule has 0 saturated carbocycles. The van der Waals surface area contributed by atoms with Crippen LogP contribution in [0.2, 0.25) is 0 Å². The molecule has 0 spiro atoms. The number of nitrogens with two attached hydrogens (primary N) is 1. The van der Waals surface area contributed by atoms with Crippen LogP contribution >= 0.6 is 44.3 Å². The molecule has 7 rings (SSSR count). The van der Waals surface area contributed by atoms with Gasteiger partial charge in [0, 0.05) is 31.0 Å². The Kier molecular flexibility index (Phi) is 11.9. The van der Waals surface area contributed by atoms with Gasteiger partial charge in [-0.2, -0.15) is 8.42 Å². The Morgan fingerprint density at radius 3 is 1.75 bits per heavy atom. The minimum absolute atomic E-state index is 0. The van der Waals surface area contributed by atoms with Crippen molar-refractivity contribution >= 4 is 87.8 Å². The standard InChI is InChI=1S/C27H28Br2O5S.C15H16N4.ClH/c1-13(2)17-11-20(15(5)23(28)25(17)30)27(19-9-7-8-10-22(19)35(32,33)34-27)21-12-18(14(3)4)26(31)24(29)16(21)6;1-9-6-13-15(8-11(9)16)18-14-7-10(19(2)3)4-5-12(14)17-13;/h7-14,30-31H,1-6H3;4-8H,16H2,1-3H3;1H. The van der Waals surface area contributed by atoms with Crippen LogP contribution in [0.25, 0.3) is 22.1 Å². The van der Waals surface area contributed by atoms with Crippen molar-refractivity contribution in [2.45, 2.75) is 70.8 Å². The Morgan fingerprint density at radius 1 is 0.727 bits per heavy atom. The summed E-state index contributed by atoms with van der Waals surface area (Å²) in [7, 11) is -0.0890. The Bertz CT molecular complexity index is 2530. The topological polar surface area (TPSA) is 139 Å². The highest BCUT2D eigenvalue weighted by molar-refractivity contribution is 9.11. The molecule has 1 aromatic heterocycles. The van der Waals surface area contributed by atoms with Crippen LogP contribution in [0.5, 0.6) is 11.5 Å². The minimum Gasteiger partial charge on any atom is -0.506 e. The molecule has 9 nitrogen and oxygen atoms in total. The molecule has 55 heavy (non-hydrogen) atoms. The number of fused-ring (bicyclic) bond motifs is 3. The van der Waals surface area contributed by atoms with Crippen LogP contribution in [0.3, 0.4) is 0 Å². The molecule has 0 fully saturated rings. The van der Waals surface area contributed by atoms with Crippen LogP contribution in [0.15, 0.2) is 80.6 Å². The van der Waals surface area contributed by atoms with Crippen molar-refractivity contribution in [3.05, 3.63) is 120 Å². The van der Waals surface area contributed by atoms with Gasteiger partial charge in [-0.15, -0.1) is 12.4 Å². The maximum absolute atomic E-state index is 13.4. The lowest BCUT2D eigenvalue weighted by Crippen LogP contribution is -2.32. The normalized spacial score (nSPS) is 14.1. The quantitative estimate of drug-likeness (QED) is 0.0876. The van der Waals surface area contributed by atoms with Gasteiger partial charge >= 0.3 is 0 Å². The first-order valence-electron chi connectivity index (χ1n) is 17.5. The van der Waals surface area contributed by atoms with Gasteiger partial charge in [0.15, 0.2) is 5.60 Å². The number of benzene rings is 5. The van der Waals surface area contributed by atoms with E-state index in [1.165, 1.54) is 0 Å². The lowest BCUT2D eigenvalue weighted by molar-refractivity contribution is 0.178. The molecule has 13 heteroatoms. The second-order valence-corrected chi connectivity index (χ2v) is 17.7. The molecule has 1 aliphatic rings. The van der Waals surface area contributed by atoms with Crippen molar-refractivity contribution < 1.29 is 22.8 Å². The number of phenols is 2. The molecule has 0 unspecified atom stereocenters. The first-order chi connectivity index (χ1) is 25.3. The van der Waals surface area contributed by atoms with E-state index < -0.39 is 15.7 Å². The summed E-state index contributed by atoms with van der Waals surface area (Å²) in [6.07, 6.45) is 0. The average Bonchev–Trinajstić information content (AvgIpc) is 3.36. The number of rotatable bonds is 5. The van der Waals surface area contributed by atoms with Crippen LogP contribution in [-0.4, -0.2) is 42.7 Å². The molecular formula is C42H45Br2ClN4O5S. The van der Waals surface area contributed by atoms with E-state index in [1.807, 2.05) is 105 Å². The van der Waals surface area contributed by atoms with E-state index in [1.54, 1.807) is 24.3 Å². The van der Waals surface area contributed by atoms with E-state index in [-0.39, 0.29) is 40.6 Å². The monoisotopic (exact) mass is 910 g/mol. The van der Waals surface area contributed by atoms with Gasteiger partial charge < -0.3 is 20.8 Å². The van der Waals surface area contributed by atoms with Crippen LogP contribution in [0.1, 0.15) is 84.0 Å². The minimum atomic E-state index is -4.11. The number of aromatic nitrogens is 2. The molecule has 5 aromatic carbocycles. The Labute approximate surface area is 345 Å². The molecule has 0 amide bonds. The molecular weight excluding hydrogens is 868 g/mol. The second kappa shape index (κ2) is 15.5. The predicted octanol–water partition coefficient (Wildman–Crippen LogP) is 10.7. The number of aromatic hydroxyl groups is 2. The number of hydrogen-bond donors (Lipinski definition) is 3. The summed E-state index contributed by atoms with van der Waals surface area (Å²) in [6, 6.07) is 20.4. The Balaban J connectivity index is 0.000000244. The first-order valence-corrected chi connectivity index (χ1v) is 20.5. The molecule has 0 bridgehead atoms. The van der Waals surface area contributed by atoms with Gasteiger partial charge in [0.2, 0.25) is 0 Å². The maximum Gasteiger partial charge on any atom is 0.298 e. The summed E-state index contributed by atoms with van der Waals surface area (Å²) in [4.78, 5) is 11.4. The van der Waals surface area contributed by atoms with E-state index in [0.29, 0.717) is 47.9 Å². The number of phenolic OH excluding ortho intramolecular Hbond substituents is 2. The summed E-state index contributed by atoms with van der Waals surface area (Å²) in [6.45, 7) is 13.5. The lowest BCUT2D eigenvalue weighted by Gasteiger charge is -2.34. The van der Waals surface area contributed by atoms with Gasteiger partial charge in [-0.05, 0) is 152 Å². The molecule has 6 aromatic rings. The third-order valence-corrected chi connectivity index (χ3v) is 13.4. The molecule has 4 N–H and O–H groups in total. The van der Waals surface area contributed by atoms with Crippen molar-refractivity contribution in [1.29, 1.82) is 0 Å². The summed E-state index contributed by atoms with van der Waals surface area (Å²) in [5, 5.41) is 21.7. The maximum atomic E-state index is 13.4. The smallest absolute Gasteiger partial charge is 0.298 e. The average molecular weight is 913 g/mol. The van der Waals surface area contributed by atoms with Crippen molar-refractivity contribution in [3.8, 4) is 11.5 Å². The van der Waals surface area contributed by atoms with Crippen LogP contribution in [0, 0.1) is 20.8 Å². The van der Waals surface area contributed by atoms with Gasteiger partial charge in [0.25, 0.3) is 10.1 Å². The third-order valence-electron chi connectivity index (χ3n) is 10.1. The van der Waals surface area contributed by atoms with Gasteiger partial charge in [-0.1, -0.05) is 45.9 Å². The largest absolute Gasteiger partial charge is 0.506 e. The number of hydrogen-bond acceptors (Lipinski definition) is 9. The highest BCUT2D eigenvalue weighted by Crippen LogP contribution is 2.56. The fourth-order valence-electron chi connectivity index (χ4n) is 6.99. The second-order valence-electron chi connectivity index (χ2n) is 14.6. The third kappa shape index (κ3) is 7.28. The SMILES string of the molecule is Cc1c(C2(c3cc(C(C)C)c(O)c(Br)c3C)OS(=O)(=O)c3ccccc32)cc(C(C)C)c(O)c1Br.Cc1cc2nc3ccc(N(C)C)cc3nc2cc1N.Cl. The van der Waals surface area contributed by atoms with E-state index >= 15 is 0 Å². The van der Waals surface area contributed by atoms with Crippen LogP contribution in [-0.2, 0) is 19.9 Å². The van der Waals surface area contributed by atoms with E-state index in [2.05, 4.69) is 46.7 Å². The van der Waals surface area contributed by atoms with Gasteiger partial charge in [0.1, 0.15) is 16.4 Å². The number of halogens is 3. The van der Waals surface area contributed by atoms with E-state index in [0.717, 1.165) is 39.0 Å². The first kappa shape index (κ1) is 42.2. The number of nitrogen functional groups attached to an aromatic ring is 1. The number of anilines is 2. The van der Waals surface area contributed by atoms with Gasteiger partial charge in [-0.3, -0.25) is 0 Å². The summed E-state index contributed by atoms with van der Waals surface area (Å²) in [5.74, 6) is 0.179. The summed E-state index contributed by atoms with van der Waals surface area (Å²) >= 11 is 7.08. The zero-order valence-corrected chi connectivity index (χ0v) is 36.9. The Morgan fingerprint density at radius 2 is 1.22 bits per heavy atom. The van der Waals surface area contributed by atoms with Crippen LogP contribution < -0.4 is 10.6 Å². The molecule has 2 heterocycles. The Hall–Kier alpha value is -3.94. The fraction of sp³-hybridized carbons (Fsp3) is 0.286.